The molecular formula is C22H24N2O5. The van der Waals surface area contributed by atoms with Crippen LogP contribution in [0.15, 0.2) is 48.5 Å². The normalized spacial score (nSPS) is 14.3. The van der Waals surface area contributed by atoms with Crippen molar-refractivity contribution in [2.75, 3.05) is 27.3 Å². The lowest BCUT2D eigenvalue weighted by molar-refractivity contribution is -0.142. The Kier molecular flexibility index (Phi) is 6.49. The monoisotopic (exact) mass is 396 g/mol. The van der Waals surface area contributed by atoms with Gasteiger partial charge in [0.1, 0.15) is 17.9 Å². The second-order valence-corrected chi connectivity index (χ2v) is 6.75. The summed E-state index contributed by atoms with van der Waals surface area (Å²) < 4.78 is 10.3. The van der Waals surface area contributed by atoms with Gasteiger partial charge >= 0.3 is 6.03 Å². The molecule has 2 aromatic rings. The number of methoxy groups -OCH3 is 2. The molecule has 0 radical (unpaired) electrons. The van der Waals surface area contributed by atoms with E-state index in [-0.39, 0.29) is 19.5 Å². The van der Waals surface area contributed by atoms with Gasteiger partial charge in [0.2, 0.25) is 11.8 Å². The highest BCUT2D eigenvalue weighted by Gasteiger charge is 2.37. The first-order chi connectivity index (χ1) is 14.0. The van der Waals surface area contributed by atoms with Gasteiger partial charge in [-0.25, -0.2) is 4.79 Å². The molecule has 1 saturated heterocycles. The van der Waals surface area contributed by atoms with Gasteiger partial charge in [-0.15, -0.1) is 0 Å². The summed E-state index contributed by atoms with van der Waals surface area (Å²) in [6.45, 7) is 0.465. The fourth-order valence-electron chi connectivity index (χ4n) is 3.19. The molecule has 7 heteroatoms. The number of hydrogen-bond acceptors (Lipinski definition) is 5. The van der Waals surface area contributed by atoms with Crippen molar-refractivity contribution in [2.24, 2.45) is 0 Å². The standard InChI is InChI=1S/C22H24N2O5/c1-28-18-7-3-16(4-8-18)11-13-23-20(25)15-21(26)24(22(23)27)14-12-17-5-9-19(29-2)10-6-17/h3-10H,11-15H2,1-2H3. The zero-order valence-corrected chi connectivity index (χ0v) is 16.6. The van der Waals surface area contributed by atoms with Crippen molar-refractivity contribution < 1.29 is 23.9 Å². The van der Waals surface area contributed by atoms with Crippen LogP contribution in [0.5, 0.6) is 11.5 Å². The van der Waals surface area contributed by atoms with Gasteiger partial charge in [-0.05, 0) is 48.2 Å². The van der Waals surface area contributed by atoms with E-state index in [0.717, 1.165) is 22.6 Å². The van der Waals surface area contributed by atoms with Gasteiger partial charge in [0.15, 0.2) is 0 Å². The van der Waals surface area contributed by atoms with Crippen molar-refractivity contribution in [1.82, 2.24) is 9.80 Å². The average molecular weight is 396 g/mol. The third kappa shape index (κ3) is 4.93. The van der Waals surface area contributed by atoms with Crippen molar-refractivity contribution in [1.29, 1.82) is 0 Å². The Morgan fingerprint density at radius 2 is 1.07 bits per heavy atom. The average Bonchev–Trinajstić information content (AvgIpc) is 2.74. The maximum Gasteiger partial charge on any atom is 0.333 e. The maximum absolute atomic E-state index is 12.8. The van der Waals surface area contributed by atoms with E-state index in [0.29, 0.717) is 12.8 Å². The van der Waals surface area contributed by atoms with Crippen LogP contribution in [0.2, 0.25) is 0 Å². The maximum atomic E-state index is 12.8. The minimum absolute atomic E-state index is 0.232. The molecule has 4 amide bonds. The van der Waals surface area contributed by atoms with E-state index in [4.69, 9.17) is 9.47 Å². The van der Waals surface area contributed by atoms with Gasteiger partial charge in [-0.2, -0.15) is 0 Å². The lowest BCUT2D eigenvalue weighted by atomic mass is 10.1. The first kappa shape index (κ1) is 20.4. The number of carbonyl (C=O) groups excluding carboxylic acids is 3. The van der Waals surface area contributed by atoms with E-state index < -0.39 is 17.8 Å². The van der Waals surface area contributed by atoms with Crippen LogP contribution in [0.25, 0.3) is 0 Å². The number of benzene rings is 2. The Bertz CT molecular complexity index is 806. The largest absolute Gasteiger partial charge is 0.497 e. The number of urea groups is 1. The van der Waals surface area contributed by atoms with Crippen molar-refractivity contribution >= 4 is 17.8 Å². The van der Waals surface area contributed by atoms with Gasteiger partial charge in [0.05, 0.1) is 14.2 Å². The fourth-order valence-corrected chi connectivity index (χ4v) is 3.19. The van der Waals surface area contributed by atoms with E-state index in [2.05, 4.69) is 0 Å². The number of amides is 4. The molecule has 1 aliphatic rings. The SMILES string of the molecule is COc1ccc(CCN2C(=O)CC(=O)N(CCc3ccc(OC)cc3)C2=O)cc1. The first-order valence-corrected chi connectivity index (χ1v) is 9.42. The summed E-state index contributed by atoms with van der Waals surface area (Å²) >= 11 is 0. The van der Waals surface area contributed by atoms with E-state index >= 15 is 0 Å². The van der Waals surface area contributed by atoms with Crippen molar-refractivity contribution in [3.05, 3.63) is 59.7 Å². The van der Waals surface area contributed by atoms with E-state index in [1.54, 1.807) is 14.2 Å². The lowest BCUT2D eigenvalue weighted by Crippen LogP contribution is -2.55. The summed E-state index contributed by atoms with van der Waals surface area (Å²) in [5, 5.41) is 0. The Hall–Kier alpha value is -3.35. The molecule has 0 N–H and O–H groups in total. The minimum Gasteiger partial charge on any atom is -0.497 e. The molecule has 29 heavy (non-hydrogen) atoms. The zero-order chi connectivity index (χ0) is 20.8. The lowest BCUT2D eigenvalue weighted by Gasteiger charge is -2.32. The Morgan fingerprint density at radius 3 is 1.41 bits per heavy atom. The van der Waals surface area contributed by atoms with Gasteiger partial charge in [-0.1, -0.05) is 24.3 Å². The Morgan fingerprint density at radius 1 is 0.690 bits per heavy atom. The van der Waals surface area contributed by atoms with Crippen molar-refractivity contribution in [3.63, 3.8) is 0 Å². The number of hydrogen-bond donors (Lipinski definition) is 0. The highest BCUT2D eigenvalue weighted by molar-refractivity contribution is 6.14. The molecule has 0 bridgehead atoms. The molecule has 0 spiro atoms. The molecule has 0 atom stereocenters. The van der Waals surface area contributed by atoms with Crippen LogP contribution in [0, 0.1) is 0 Å². The molecular weight excluding hydrogens is 372 g/mol. The number of ether oxygens (including phenoxy) is 2. The Balaban J connectivity index is 1.61. The van der Waals surface area contributed by atoms with Crippen molar-refractivity contribution in [2.45, 2.75) is 19.3 Å². The number of barbiturate groups is 1. The number of nitrogens with zero attached hydrogens (tertiary/aromatic N) is 2. The van der Waals surface area contributed by atoms with E-state index in [9.17, 15) is 14.4 Å². The molecule has 0 aliphatic carbocycles. The molecule has 1 heterocycles. The van der Waals surface area contributed by atoms with Crippen LogP contribution in [-0.2, 0) is 22.4 Å². The molecule has 0 unspecified atom stereocenters. The second-order valence-electron chi connectivity index (χ2n) is 6.75. The smallest absolute Gasteiger partial charge is 0.333 e. The van der Waals surface area contributed by atoms with E-state index in [1.165, 1.54) is 9.80 Å². The van der Waals surface area contributed by atoms with Crippen molar-refractivity contribution in [3.8, 4) is 11.5 Å². The number of imide groups is 2. The fraction of sp³-hybridized carbons (Fsp3) is 0.318. The highest BCUT2D eigenvalue weighted by atomic mass is 16.5. The van der Waals surface area contributed by atoms with E-state index in [1.807, 2.05) is 48.5 Å². The topological polar surface area (TPSA) is 76.2 Å². The number of carbonyl (C=O) groups is 3. The van der Waals surface area contributed by atoms with Crippen LogP contribution in [0.3, 0.4) is 0 Å². The van der Waals surface area contributed by atoms with Crippen LogP contribution in [-0.4, -0.2) is 55.0 Å². The van der Waals surface area contributed by atoms with Gasteiger partial charge in [-0.3, -0.25) is 19.4 Å². The second kappa shape index (κ2) is 9.23. The number of rotatable bonds is 8. The summed E-state index contributed by atoms with van der Waals surface area (Å²) in [5.41, 5.74) is 1.96. The molecule has 7 nitrogen and oxygen atoms in total. The molecule has 1 fully saturated rings. The van der Waals surface area contributed by atoms with Gasteiger partial charge in [0, 0.05) is 13.1 Å². The predicted molar refractivity (Wildman–Crippen MR) is 107 cm³/mol. The molecule has 2 aromatic carbocycles. The first-order valence-electron chi connectivity index (χ1n) is 9.42. The third-order valence-electron chi connectivity index (χ3n) is 4.93. The van der Waals surface area contributed by atoms with Crippen LogP contribution in [0.4, 0.5) is 4.79 Å². The van der Waals surface area contributed by atoms with Crippen LogP contribution >= 0.6 is 0 Å². The molecule has 3 rings (SSSR count). The zero-order valence-electron chi connectivity index (χ0n) is 16.6. The van der Waals surface area contributed by atoms with Gasteiger partial charge in [0.25, 0.3) is 0 Å². The molecule has 152 valence electrons. The highest BCUT2D eigenvalue weighted by Crippen LogP contribution is 2.17. The molecule has 1 aliphatic heterocycles. The van der Waals surface area contributed by atoms with Crippen LogP contribution < -0.4 is 9.47 Å². The summed E-state index contributed by atoms with van der Waals surface area (Å²) in [7, 11) is 3.19. The summed E-state index contributed by atoms with van der Waals surface area (Å²) in [6, 6.07) is 14.4. The summed E-state index contributed by atoms with van der Waals surface area (Å²) in [4.78, 5) is 39.6. The Labute approximate surface area is 169 Å². The van der Waals surface area contributed by atoms with Gasteiger partial charge < -0.3 is 9.47 Å². The minimum atomic E-state index is -0.548. The summed E-state index contributed by atoms with van der Waals surface area (Å²) in [5.74, 6) is 0.590. The summed E-state index contributed by atoms with van der Waals surface area (Å²) in [6.07, 6.45) is 0.751. The predicted octanol–water partition coefficient (Wildman–Crippen LogP) is 2.67. The molecule has 0 aromatic heterocycles. The third-order valence-corrected chi connectivity index (χ3v) is 4.93. The quantitative estimate of drug-likeness (QED) is 0.641. The molecule has 0 saturated carbocycles. The van der Waals surface area contributed by atoms with Crippen LogP contribution in [0.1, 0.15) is 17.5 Å².